The molecule has 68 valence electrons. The summed E-state index contributed by atoms with van der Waals surface area (Å²) >= 11 is 0. The molecule has 1 N–H and O–H groups in total. The summed E-state index contributed by atoms with van der Waals surface area (Å²) in [7, 11) is 0. The van der Waals surface area contributed by atoms with E-state index in [-0.39, 0.29) is 0 Å². The van der Waals surface area contributed by atoms with E-state index in [2.05, 4.69) is 10.2 Å². The highest BCUT2D eigenvalue weighted by Gasteiger charge is 2.43. The van der Waals surface area contributed by atoms with Gasteiger partial charge in [-0.05, 0) is 38.8 Å². The van der Waals surface area contributed by atoms with E-state index in [0.29, 0.717) is 0 Å². The molecule has 0 bridgehead atoms. The minimum Gasteiger partial charge on any atom is -0.312 e. The lowest BCUT2D eigenvalue weighted by Crippen LogP contribution is -2.40. The van der Waals surface area contributed by atoms with Crippen LogP contribution in [0.15, 0.2) is 0 Å². The van der Waals surface area contributed by atoms with Crippen molar-refractivity contribution in [3.05, 3.63) is 0 Å². The fourth-order valence-corrected chi connectivity index (χ4v) is 3.40. The van der Waals surface area contributed by atoms with Crippen LogP contribution < -0.4 is 5.32 Å². The Bertz CT molecular complexity index is 181. The summed E-state index contributed by atoms with van der Waals surface area (Å²) in [4.78, 5) is 2.79. The van der Waals surface area contributed by atoms with Crippen molar-refractivity contribution in [1.82, 2.24) is 10.2 Å². The standard InChI is InChI=1S/C10H18N2/c1-2-6-12-8(3-1)7-9-10(12)4-5-11-9/h8-11H,1-7H2. The molecule has 3 saturated heterocycles. The largest absolute Gasteiger partial charge is 0.312 e. The predicted molar refractivity (Wildman–Crippen MR) is 49.2 cm³/mol. The summed E-state index contributed by atoms with van der Waals surface area (Å²) in [6.07, 6.45) is 7.22. The molecule has 3 heterocycles. The van der Waals surface area contributed by atoms with Crippen LogP contribution in [-0.4, -0.2) is 36.1 Å². The van der Waals surface area contributed by atoms with Crippen molar-refractivity contribution in [3.8, 4) is 0 Å². The smallest absolute Gasteiger partial charge is 0.0264 e. The number of piperidine rings is 1. The lowest BCUT2D eigenvalue weighted by atomic mass is 10.0. The van der Waals surface area contributed by atoms with Gasteiger partial charge in [0.05, 0.1) is 0 Å². The maximum atomic E-state index is 3.63. The minimum atomic E-state index is 0.855. The van der Waals surface area contributed by atoms with Crippen LogP contribution in [0, 0.1) is 0 Å². The topological polar surface area (TPSA) is 15.3 Å². The van der Waals surface area contributed by atoms with Crippen LogP contribution in [0.4, 0.5) is 0 Å². The molecule has 0 amide bonds. The Morgan fingerprint density at radius 1 is 1.17 bits per heavy atom. The Hall–Kier alpha value is -0.0800. The number of rotatable bonds is 0. The third kappa shape index (κ3) is 0.944. The van der Waals surface area contributed by atoms with Crippen LogP contribution in [-0.2, 0) is 0 Å². The maximum Gasteiger partial charge on any atom is 0.0264 e. The number of hydrogen-bond donors (Lipinski definition) is 1. The van der Waals surface area contributed by atoms with Gasteiger partial charge in [-0.15, -0.1) is 0 Å². The summed E-state index contributed by atoms with van der Waals surface area (Å²) in [5.74, 6) is 0. The Morgan fingerprint density at radius 2 is 2.17 bits per heavy atom. The predicted octanol–water partition coefficient (Wildman–Crippen LogP) is 0.975. The highest BCUT2D eigenvalue weighted by Crippen LogP contribution is 2.35. The van der Waals surface area contributed by atoms with E-state index in [1.807, 2.05) is 0 Å². The van der Waals surface area contributed by atoms with Gasteiger partial charge in [0.1, 0.15) is 0 Å². The highest BCUT2D eigenvalue weighted by molar-refractivity contribution is 5.02. The molecule has 12 heavy (non-hydrogen) atoms. The van der Waals surface area contributed by atoms with Gasteiger partial charge in [-0.2, -0.15) is 0 Å². The Morgan fingerprint density at radius 3 is 3.17 bits per heavy atom. The van der Waals surface area contributed by atoms with Crippen LogP contribution in [0.5, 0.6) is 0 Å². The van der Waals surface area contributed by atoms with Gasteiger partial charge in [0, 0.05) is 18.1 Å². The average molecular weight is 166 g/mol. The van der Waals surface area contributed by atoms with Gasteiger partial charge in [0.25, 0.3) is 0 Å². The molecule has 0 aliphatic carbocycles. The van der Waals surface area contributed by atoms with Crippen LogP contribution in [0.25, 0.3) is 0 Å². The summed E-state index contributed by atoms with van der Waals surface area (Å²) < 4.78 is 0. The second kappa shape index (κ2) is 2.71. The molecule has 0 aromatic heterocycles. The molecule has 3 atom stereocenters. The van der Waals surface area contributed by atoms with Gasteiger partial charge >= 0.3 is 0 Å². The molecule has 3 rings (SSSR count). The summed E-state index contributed by atoms with van der Waals surface area (Å²) in [5, 5.41) is 3.63. The number of nitrogens with one attached hydrogen (secondary N) is 1. The Labute approximate surface area is 74.3 Å². The second-order valence-corrected chi connectivity index (χ2v) is 4.54. The molecule has 2 heteroatoms. The Balaban J connectivity index is 1.79. The van der Waals surface area contributed by atoms with Crippen LogP contribution >= 0.6 is 0 Å². The van der Waals surface area contributed by atoms with E-state index in [9.17, 15) is 0 Å². The van der Waals surface area contributed by atoms with E-state index in [0.717, 1.165) is 18.1 Å². The SMILES string of the molecule is C1CCN2C(C1)CC1NCCC12. The number of nitrogens with zero attached hydrogens (tertiary/aromatic N) is 1. The summed E-state index contributed by atoms with van der Waals surface area (Å²) in [5.41, 5.74) is 0. The third-order valence-corrected chi connectivity index (χ3v) is 3.94. The molecule has 0 aromatic carbocycles. The van der Waals surface area contributed by atoms with Gasteiger partial charge in [-0.1, -0.05) is 6.42 Å². The highest BCUT2D eigenvalue weighted by atomic mass is 15.3. The fourth-order valence-electron chi connectivity index (χ4n) is 3.40. The van der Waals surface area contributed by atoms with Crippen molar-refractivity contribution in [2.24, 2.45) is 0 Å². The monoisotopic (exact) mass is 166 g/mol. The molecule has 2 nitrogen and oxygen atoms in total. The molecular formula is C10H18N2. The summed E-state index contributed by atoms with van der Waals surface area (Å²) in [6.45, 7) is 2.64. The van der Waals surface area contributed by atoms with Gasteiger partial charge in [0.2, 0.25) is 0 Å². The first-order valence-corrected chi connectivity index (χ1v) is 5.44. The second-order valence-electron chi connectivity index (χ2n) is 4.54. The van der Waals surface area contributed by atoms with Gasteiger partial charge in [-0.3, -0.25) is 4.90 Å². The van der Waals surface area contributed by atoms with Crippen LogP contribution in [0.2, 0.25) is 0 Å². The van der Waals surface area contributed by atoms with Crippen molar-refractivity contribution >= 4 is 0 Å². The van der Waals surface area contributed by atoms with Crippen LogP contribution in [0.3, 0.4) is 0 Å². The quantitative estimate of drug-likeness (QED) is 0.577. The van der Waals surface area contributed by atoms with Crippen molar-refractivity contribution in [2.75, 3.05) is 13.1 Å². The van der Waals surface area contributed by atoms with E-state index < -0.39 is 0 Å². The van der Waals surface area contributed by atoms with E-state index >= 15 is 0 Å². The molecule has 3 unspecified atom stereocenters. The summed E-state index contributed by atoms with van der Waals surface area (Å²) in [6, 6.07) is 2.71. The molecule has 0 spiro atoms. The molecule has 0 saturated carbocycles. The van der Waals surface area contributed by atoms with Crippen LogP contribution in [0.1, 0.15) is 32.1 Å². The molecule has 0 aromatic rings. The zero-order valence-corrected chi connectivity index (χ0v) is 7.63. The number of fused-ring (bicyclic) bond motifs is 3. The lowest BCUT2D eigenvalue weighted by Gasteiger charge is -2.33. The van der Waals surface area contributed by atoms with Gasteiger partial charge < -0.3 is 5.32 Å². The first-order valence-electron chi connectivity index (χ1n) is 5.44. The van der Waals surface area contributed by atoms with Crippen molar-refractivity contribution in [1.29, 1.82) is 0 Å². The molecule has 3 aliphatic rings. The number of hydrogen-bond acceptors (Lipinski definition) is 2. The van der Waals surface area contributed by atoms with Gasteiger partial charge in [-0.25, -0.2) is 0 Å². The van der Waals surface area contributed by atoms with Crippen molar-refractivity contribution in [2.45, 2.75) is 50.2 Å². The molecule has 0 radical (unpaired) electrons. The fraction of sp³-hybridized carbons (Fsp3) is 1.00. The van der Waals surface area contributed by atoms with E-state index in [4.69, 9.17) is 0 Å². The maximum absolute atomic E-state index is 3.63. The average Bonchev–Trinajstić information content (AvgIpc) is 2.62. The van der Waals surface area contributed by atoms with E-state index in [1.54, 1.807) is 0 Å². The van der Waals surface area contributed by atoms with Gasteiger partial charge in [0.15, 0.2) is 0 Å². The lowest BCUT2D eigenvalue weighted by molar-refractivity contribution is 0.149. The van der Waals surface area contributed by atoms with Crippen molar-refractivity contribution in [3.63, 3.8) is 0 Å². The minimum absolute atomic E-state index is 0.855. The molecule has 3 fully saturated rings. The molecular weight excluding hydrogens is 148 g/mol. The zero-order chi connectivity index (χ0) is 7.97. The first-order chi connectivity index (χ1) is 5.95. The van der Waals surface area contributed by atoms with E-state index in [1.165, 1.54) is 45.2 Å². The molecule has 3 aliphatic heterocycles. The zero-order valence-electron chi connectivity index (χ0n) is 7.63. The first kappa shape index (κ1) is 7.34. The normalized spacial score (nSPS) is 47.5. The Kier molecular flexibility index (Phi) is 1.66. The third-order valence-electron chi connectivity index (χ3n) is 3.94. The van der Waals surface area contributed by atoms with Crippen molar-refractivity contribution < 1.29 is 0 Å².